The Bertz CT molecular complexity index is 9590. The molecule has 2 aliphatic heterocycles. The fraction of sp³-hybridized carbons (Fsp3) is 0.0880. The van der Waals surface area contributed by atoms with Gasteiger partial charge in [-0.25, -0.2) is 9.97 Å². The first kappa shape index (κ1) is 59.7. The van der Waals surface area contributed by atoms with E-state index in [1.54, 1.807) is 61.3 Å². The summed E-state index contributed by atoms with van der Waals surface area (Å²) in [5, 5.41) is 4.14. The first-order valence-corrected chi connectivity index (χ1v) is 43.4. The number of fused-ring (bicyclic) bond motifs is 8. The summed E-state index contributed by atoms with van der Waals surface area (Å²) >= 11 is 0. The molecule has 0 N–H and O–H groups in total. The molecule has 0 radical (unpaired) electrons. The average Bonchev–Trinajstić information content (AvgIpc) is 1.68. The van der Waals surface area contributed by atoms with Crippen molar-refractivity contribution in [3.63, 3.8) is 0 Å². The van der Waals surface area contributed by atoms with Crippen LogP contribution in [0, 0.1) is 51.5 Å². The molecule has 0 fully saturated rings. The zero-order valence-corrected chi connectivity index (χ0v) is 78.3. The fourth-order valence-electron chi connectivity index (χ4n) is 18.3. The van der Waals surface area contributed by atoms with E-state index in [0.29, 0.717) is 47.0 Å². The molecule has 0 spiro atoms. The average molecular weight is 2130 g/mol. The molecule has 0 saturated heterocycles. The first-order valence-electron chi connectivity index (χ1n) is 58.4. The van der Waals surface area contributed by atoms with Gasteiger partial charge in [0, 0.05) is 127 Å². The van der Waals surface area contributed by atoms with Gasteiger partial charge in [0.25, 0.3) is 0 Å². The van der Waals surface area contributed by atoms with Gasteiger partial charge >= 0.3 is 0 Å². The second-order valence-corrected chi connectivity index (χ2v) is 34.1. The minimum atomic E-state index is -0.699. The van der Waals surface area contributed by atoms with Crippen molar-refractivity contribution in [2.75, 3.05) is 19.6 Å². The van der Waals surface area contributed by atoms with E-state index in [9.17, 15) is 13.7 Å². The molecule has 2 aliphatic rings. The Balaban J connectivity index is 0.000000193. The van der Waals surface area contributed by atoms with Crippen LogP contribution in [0.2, 0.25) is 0 Å². The second-order valence-electron chi connectivity index (χ2n) is 34.1. The summed E-state index contributed by atoms with van der Waals surface area (Å²) in [4.78, 5) is 16.8. The van der Waals surface area contributed by atoms with Crippen LogP contribution in [-0.4, -0.2) is 19.1 Å². The Labute approximate surface area is 862 Å². The van der Waals surface area contributed by atoms with Crippen molar-refractivity contribution >= 4 is 89.1 Å². The summed E-state index contributed by atoms with van der Waals surface area (Å²) in [7, 11) is 0. The minimum Gasteiger partial charge on any atom is -0.493 e. The van der Waals surface area contributed by atoms with Gasteiger partial charge in [-0.2, -0.15) is 107 Å². The van der Waals surface area contributed by atoms with Crippen LogP contribution in [0.15, 0.2) is 418 Å². The van der Waals surface area contributed by atoms with Crippen LogP contribution < -0.4 is 19.6 Å². The van der Waals surface area contributed by atoms with Crippen LogP contribution in [-0.2, 0) is 65.8 Å². The molecule has 0 saturated carbocycles. The molecule has 0 atom stereocenters. The van der Waals surface area contributed by atoms with E-state index in [2.05, 4.69) is 147 Å². The van der Waals surface area contributed by atoms with Crippen molar-refractivity contribution in [2.45, 2.75) is 72.1 Å². The molecule has 4 aromatic heterocycles. The molecular weight excluding hydrogens is 2000 g/mol. The van der Waals surface area contributed by atoms with Gasteiger partial charge in [0.05, 0.1) is 41.1 Å². The summed E-state index contributed by atoms with van der Waals surface area (Å²) in [5.41, 5.74) is 10.9. The van der Waals surface area contributed by atoms with Gasteiger partial charge in [0.15, 0.2) is 0 Å². The Kier molecular flexibility index (Phi) is 16.5. The van der Waals surface area contributed by atoms with Gasteiger partial charge in [0.1, 0.15) is 11.6 Å². The molecule has 0 unspecified atom stereocenters. The molecular formula is C125H96N8Pt2-6. The maximum atomic E-state index is 9.45. The number of anilines is 8. The molecule has 21 aromatic rings. The van der Waals surface area contributed by atoms with Gasteiger partial charge in [-0.1, -0.05) is 318 Å². The van der Waals surface area contributed by atoms with Crippen LogP contribution in [0.1, 0.15) is 126 Å². The van der Waals surface area contributed by atoms with E-state index in [-0.39, 0.29) is 142 Å². The zero-order valence-electron chi connectivity index (χ0n) is 104. The number of para-hydroxylation sites is 6. The number of rotatable bonds is 18. The van der Waals surface area contributed by atoms with Crippen molar-refractivity contribution in [3.8, 4) is 78.4 Å². The second kappa shape index (κ2) is 37.3. The van der Waals surface area contributed by atoms with E-state index in [1.165, 1.54) is 17.7 Å². The molecule has 0 bridgehead atoms. The normalized spacial score (nSPS) is 15.5. The van der Waals surface area contributed by atoms with E-state index in [4.69, 9.17) is 37.4 Å². The van der Waals surface area contributed by atoms with Gasteiger partial charge in [-0.3, -0.25) is 0 Å². The maximum Gasteiger partial charge on any atom is 0.135 e. The third kappa shape index (κ3) is 16.7. The number of aromatic nitrogens is 4. The number of benzene rings is 17. The molecule has 8 nitrogen and oxygen atoms in total. The molecule has 23 rings (SSSR count). The van der Waals surface area contributed by atoms with Gasteiger partial charge in [-0.15, -0.1) is 35.5 Å². The van der Waals surface area contributed by atoms with Crippen molar-refractivity contribution in [1.29, 1.82) is 0 Å². The zero-order chi connectivity index (χ0) is 116. The van der Waals surface area contributed by atoms with Crippen molar-refractivity contribution in [2.24, 2.45) is 0 Å². The van der Waals surface area contributed by atoms with E-state index in [1.807, 2.05) is 131 Å². The van der Waals surface area contributed by atoms with Crippen LogP contribution in [0.4, 0.5) is 45.5 Å². The predicted molar refractivity (Wildman–Crippen MR) is 553 cm³/mol. The standard InChI is InChI=1S/C64H47N4.C61H49N4.2Pt/c1-64(2,51-27-13-6-14-28-51)52-36-37-65-62(43-52)68-58-31-16-15-30-54(58)55-35-34-46(40-61(55)68)38-45-20-19-29-53(39-45)66-44-67(60-33-18-17-32-59(60)66)63-56(48-23-9-4-10-24-48)41-50(47-21-7-3-8-22-47)42-57(63)49-25-11-5-12-26-49;1-41-57(45-21-9-6-10-22-45)42(2)59(47-25-13-8-14-26-47)60(58(41)46-23-11-7-12-24-46)64-40-63(53-30-17-18-31-54(53)64)49-27-19-20-43(37-49)36-44-32-33-51-50-28-15-16-29-52(50)65(55(51)38-44)56-39-48(34-35-62-56)61(3,4)5;;/h3-37,41-44H,38H2,1-2H3;6-35,39-40H,36H2,1-5H3;;/q2*-3;;/i3D,4D,5D,7D,8D,9D,10D,11D,12D,21D,22D,23D,24D,25D,26D;6D,7D,8D,9D,10D,11D,12D,13D,14D,21D,22D,23D,24D,25D,26D;;. The molecule has 10 heteroatoms. The van der Waals surface area contributed by atoms with Gasteiger partial charge < -0.3 is 28.7 Å². The number of hydrogen-bond acceptors (Lipinski definition) is 6. The summed E-state index contributed by atoms with van der Waals surface area (Å²) < 4.78 is 273. The molecule has 0 amide bonds. The Morgan fingerprint density at radius 1 is 0.304 bits per heavy atom. The van der Waals surface area contributed by atoms with Crippen molar-refractivity contribution in [3.05, 3.63) is 506 Å². The Morgan fingerprint density at radius 2 is 0.667 bits per heavy atom. The largest absolute Gasteiger partial charge is 0.493 e. The summed E-state index contributed by atoms with van der Waals surface area (Å²) in [6.07, 6.45) is 4.50. The van der Waals surface area contributed by atoms with Crippen LogP contribution >= 0.6 is 0 Å². The topological polar surface area (TPSA) is 48.6 Å². The third-order valence-corrected chi connectivity index (χ3v) is 24.7. The predicted octanol–water partition coefficient (Wildman–Crippen LogP) is 31.8. The summed E-state index contributed by atoms with van der Waals surface area (Å²) in [5.74, 6) is 1.53. The van der Waals surface area contributed by atoms with Gasteiger partial charge in [0.2, 0.25) is 0 Å². The van der Waals surface area contributed by atoms with E-state index < -0.39 is 181 Å². The van der Waals surface area contributed by atoms with Gasteiger partial charge in [-0.05, 0) is 188 Å². The smallest absolute Gasteiger partial charge is 0.135 e. The number of hydrogen-bond donors (Lipinski definition) is 0. The van der Waals surface area contributed by atoms with E-state index in [0.717, 1.165) is 88.6 Å². The third-order valence-electron chi connectivity index (χ3n) is 24.7. The summed E-state index contributed by atoms with van der Waals surface area (Å²) in [6, 6.07) is 66.7. The Hall–Kier alpha value is -14.8. The Morgan fingerprint density at radius 3 is 1.10 bits per heavy atom. The quantitative estimate of drug-likeness (QED) is 0.0798. The molecule has 17 aromatic carbocycles. The first-order chi connectivity index (χ1) is 77.6. The van der Waals surface area contributed by atoms with Crippen molar-refractivity contribution < 1.29 is 83.3 Å². The number of pyridine rings is 2. The monoisotopic (exact) mass is 2130 g/mol. The van der Waals surface area contributed by atoms with Crippen LogP contribution in [0.5, 0.6) is 0 Å². The molecule has 0 aliphatic carbocycles. The van der Waals surface area contributed by atoms with E-state index >= 15 is 0 Å². The summed E-state index contributed by atoms with van der Waals surface area (Å²) in [6.45, 7) is 17.4. The maximum absolute atomic E-state index is 9.45. The molecule has 6 heterocycles. The molecule has 662 valence electrons. The SMILES string of the molecule is [2H]c1c([2H])c([2H])c(-c2c(C)c(-c3c([2H])c([2H])c([2H])c([2H])c3[2H])c(N3[CH-]N(c4[c-]c(Cc5[c-]c6c(cc5)c5ccccc5n6-c5cc(C(C)(C)C)ccn5)ccc4)c4ccccc43)c(-c3c([2H])c([2H])c([2H])c([2H])c3[2H])c2C)c([2H])c1[2H].[2H]c1c([2H])c([2H])c(-c2cc(-c3c([2H])c([2H])c([2H])c([2H])c3[2H])c(N3[CH-]N(c4[c-]c(Cc5[c-]c6c(cc5)c5ccccc5n6-c5cc(C(C)(C)c6ccccc6)ccn5)ccc4)c4ccccc43)c(-c3c([2H])c([2H])c([2H])c([2H])c3[2H])c2)c([2H])c1[2H].[Pt].[Pt]. The fourth-order valence-corrected chi connectivity index (χ4v) is 18.3. The van der Waals surface area contributed by atoms with Crippen LogP contribution in [0.3, 0.4) is 0 Å². The van der Waals surface area contributed by atoms with Crippen molar-refractivity contribution in [1.82, 2.24) is 19.1 Å². The number of nitrogens with zero attached hydrogens (tertiary/aromatic N) is 8. The minimum absolute atomic E-state index is 0. The van der Waals surface area contributed by atoms with Crippen LogP contribution in [0.25, 0.3) is 122 Å². The molecule has 135 heavy (non-hydrogen) atoms.